The summed E-state index contributed by atoms with van der Waals surface area (Å²) in [5.41, 5.74) is 0.711. The maximum Gasteiger partial charge on any atom is 0.356 e. The number of esters is 1. The van der Waals surface area contributed by atoms with Gasteiger partial charge in [0, 0.05) is 23.4 Å². The van der Waals surface area contributed by atoms with E-state index in [4.69, 9.17) is 9.47 Å². The van der Waals surface area contributed by atoms with E-state index in [1.165, 1.54) is 38.6 Å². The lowest BCUT2D eigenvalue weighted by atomic mass is 9.79. The van der Waals surface area contributed by atoms with E-state index in [0.717, 1.165) is 6.07 Å². The summed E-state index contributed by atoms with van der Waals surface area (Å²) in [5, 5.41) is 2.73. The molecular weight excluding hydrogens is 422 g/mol. The lowest BCUT2D eigenvalue weighted by molar-refractivity contribution is -0.128. The van der Waals surface area contributed by atoms with Crippen molar-refractivity contribution in [3.8, 4) is 5.75 Å². The van der Waals surface area contributed by atoms with Gasteiger partial charge in [-0.1, -0.05) is 26.8 Å². The molecule has 0 aliphatic carbocycles. The van der Waals surface area contributed by atoms with Crippen LogP contribution in [-0.2, 0) is 14.3 Å². The quantitative estimate of drug-likeness (QED) is 0.674. The molecule has 2 aromatic rings. The largest absolute Gasteiger partial charge is 0.493 e. The molecule has 1 fully saturated rings. The summed E-state index contributed by atoms with van der Waals surface area (Å²) in [6.45, 7) is 5.84. The Labute approximate surface area is 185 Å². The highest BCUT2D eigenvalue weighted by Crippen LogP contribution is 2.46. The highest BCUT2D eigenvalue weighted by molar-refractivity contribution is 5.96. The van der Waals surface area contributed by atoms with Crippen LogP contribution in [0.15, 0.2) is 30.5 Å². The zero-order valence-electron chi connectivity index (χ0n) is 18.5. The summed E-state index contributed by atoms with van der Waals surface area (Å²) in [4.78, 5) is 28.9. The number of carbonyl (C=O) groups is 2. The third-order valence-electron chi connectivity index (χ3n) is 5.70. The minimum Gasteiger partial charge on any atom is -0.493 e. The summed E-state index contributed by atoms with van der Waals surface area (Å²) < 4.78 is 44.2. The Morgan fingerprint density at radius 3 is 2.53 bits per heavy atom. The molecule has 4 atom stereocenters. The van der Waals surface area contributed by atoms with Gasteiger partial charge in [-0.15, -0.1) is 0 Å². The Morgan fingerprint density at radius 1 is 1.19 bits per heavy atom. The molecule has 1 aromatic carbocycles. The van der Waals surface area contributed by atoms with Crippen molar-refractivity contribution in [3.63, 3.8) is 0 Å². The molecule has 2 heterocycles. The number of nitrogens with one attached hydrogen (secondary N) is 1. The van der Waals surface area contributed by atoms with Gasteiger partial charge in [-0.05, 0) is 30.0 Å². The average molecular weight is 448 g/mol. The van der Waals surface area contributed by atoms with Crippen LogP contribution in [0.25, 0.3) is 0 Å². The summed E-state index contributed by atoms with van der Waals surface area (Å²) in [7, 11) is 2.48. The molecule has 3 rings (SSSR count). The number of pyridine rings is 1. The number of ether oxygens (including phenoxy) is 3. The Balaban J connectivity index is 1.97. The number of hydrogen-bond acceptors (Lipinski definition) is 6. The maximum absolute atomic E-state index is 14.4. The highest BCUT2D eigenvalue weighted by Gasteiger charge is 2.48. The van der Waals surface area contributed by atoms with Crippen LogP contribution in [0.3, 0.4) is 0 Å². The van der Waals surface area contributed by atoms with Gasteiger partial charge in [0.15, 0.2) is 11.6 Å². The average Bonchev–Trinajstić information content (AvgIpc) is 3.12. The van der Waals surface area contributed by atoms with Crippen molar-refractivity contribution in [1.82, 2.24) is 4.98 Å². The predicted octanol–water partition coefficient (Wildman–Crippen LogP) is 3.94. The van der Waals surface area contributed by atoms with Gasteiger partial charge in [0.25, 0.3) is 5.91 Å². The van der Waals surface area contributed by atoms with Crippen LogP contribution in [0.4, 0.5) is 14.5 Å². The van der Waals surface area contributed by atoms with Gasteiger partial charge in [-0.2, -0.15) is 4.39 Å². The molecular formula is C23H26F2N2O5. The van der Waals surface area contributed by atoms with Crippen LogP contribution < -0.4 is 10.1 Å². The number of amides is 1. The molecule has 0 bridgehead atoms. The topological polar surface area (TPSA) is 86.8 Å². The Kier molecular flexibility index (Phi) is 7.08. The van der Waals surface area contributed by atoms with E-state index in [0.29, 0.717) is 11.3 Å². The molecule has 1 aromatic heterocycles. The molecule has 0 radical (unpaired) electrons. The molecule has 1 amide bonds. The first-order valence-electron chi connectivity index (χ1n) is 10.2. The van der Waals surface area contributed by atoms with Crippen molar-refractivity contribution in [3.05, 3.63) is 53.4 Å². The van der Waals surface area contributed by atoms with Gasteiger partial charge in [0.1, 0.15) is 11.8 Å². The van der Waals surface area contributed by atoms with E-state index in [9.17, 15) is 18.4 Å². The van der Waals surface area contributed by atoms with Crippen LogP contribution in [0.5, 0.6) is 5.75 Å². The van der Waals surface area contributed by atoms with Crippen molar-refractivity contribution in [2.75, 3.05) is 19.5 Å². The zero-order valence-corrected chi connectivity index (χ0v) is 18.5. The summed E-state index contributed by atoms with van der Waals surface area (Å²) in [5.74, 6) is -4.22. The maximum atomic E-state index is 14.4. The standard InChI is InChI=1S/C23H26F2N2O5/c1-11(2)19-12(3)17(14-6-7-15(24)18(25)20(14)30-4)21(32-19)22(28)27-13-8-9-26-16(10-13)23(29)31-5/h6-12,17,19,21H,1-5H3,(H,26,27,28)/t12-,17-,19-,21+/m0/s1. The normalized spacial score (nSPS) is 22.6. The van der Waals surface area contributed by atoms with E-state index < -0.39 is 35.5 Å². The van der Waals surface area contributed by atoms with Crippen LogP contribution in [0.1, 0.15) is 42.7 Å². The Morgan fingerprint density at radius 2 is 1.91 bits per heavy atom. The van der Waals surface area contributed by atoms with Crippen molar-refractivity contribution in [1.29, 1.82) is 0 Å². The van der Waals surface area contributed by atoms with Gasteiger partial charge in [-0.3, -0.25) is 4.79 Å². The van der Waals surface area contributed by atoms with Crippen molar-refractivity contribution >= 4 is 17.6 Å². The molecule has 32 heavy (non-hydrogen) atoms. The molecule has 1 aliphatic heterocycles. The van der Waals surface area contributed by atoms with E-state index in [2.05, 4.69) is 15.0 Å². The SMILES string of the molecule is COC(=O)c1cc(NC(=O)[C@@H]2O[C@@H](C(C)C)[C@@H](C)[C@H]2c2ccc(F)c(F)c2OC)ccn1. The fourth-order valence-corrected chi connectivity index (χ4v) is 4.25. The van der Waals surface area contributed by atoms with Crippen LogP contribution in [0, 0.1) is 23.5 Å². The van der Waals surface area contributed by atoms with E-state index in [1.807, 2.05) is 20.8 Å². The number of halogens is 2. The number of rotatable bonds is 6. The Hall–Kier alpha value is -3.07. The lowest BCUT2D eigenvalue weighted by Gasteiger charge is -2.24. The number of anilines is 1. The fraction of sp³-hybridized carbons (Fsp3) is 0.435. The fourth-order valence-electron chi connectivity index (χ4n) is 4.25. The van der Waals surface area contributed by atoms with Crippen molar-refractivity contribution < 1.29 is 32.6 Å². The van der Waals surface area contributed by atoms with Gasteiger partial charge < -0.3 is 19.5 Å². The molecule has 7 nitrogen and oxygen atoms in total. The number of benzene rings is 1. The molecule has 1 aliphatic rings. The minimum atomic E-state index is -1.11. The van der Waals surface area contributed by atoms with Gasteiger partial charge >= 0.3 is 5.97 Å². The zero-order chi connectivity index (χ0) is 23.6. The van der Waals surface area contributed by atoms with Gasteiger partial charge in [0.05, 0.1) is 20.3 Å². The number of carbonyl (C=O) groups excluding carboxylic acids is 2. The monoisotopic (exact) mass is 448 g/mol. The van der Waals surface area contributed by atoms with Gasteiger partial charge in [-0.25, -0.2) is 14.2 Å². The number of aromatic nitrogens is 1. The van der Waals surface area contributed by atoms with Gasteiger partial charge in [0.2, 0.25) is 5.82 Å². The molecule has 1 N–H and O–H groups in total. The lowest BCUT2D eigenvalue weighted by Crippen LogP contribution is -2.33. The molecule has 0 unspecified atom stereocenters. The third kappa shape index (κ3) is 4.43. The smallest absolute Gasteiger partial charge is 0.356 e. The first kappa shape index (κ1) is 23.6. The first-order chi connectivity index (χ1) is 15.2. The van der Waals surface area contributed by atoms with E-state index >= 15 is 0 Å². The second-order valence-corrected chi connectivity index (χ2v) is 8.04. The van der Waals surface area contributed by atoms with E-state index in [1.54, 1.807) is 0 Å². The number of hydrogen-bond donors (Lipinski definition) is 1. The molecule has 0 saturated carbocycles. The molecule has 172 valence electrons. The van der Waals surface area contributed by atoms with Crippen LogP contribution in [0.2, 0.25) is 0 Å². The second kappa shape index (κ2) is 9.60. The van der Waals surface area contributed by atoms with Crippen molar-refractivity contribution in [2.45, 2.75) is 38.9 Å². The van der Waals surface area contributed by atoms with E-state index in [-0.39, 0.29) is 29.4 Å². The van der Waals surface area contributed by atoms with Crippen molar-refractivity contribution in [2.24, 2.45) is 11.8 Å². The third-order valence-corrected chi connectivity index (χ3v) is 5.70. The second-order valence-electron chi connectivity index (χ2n) is 8.04. The summed E-state index contributed by atoms with van der Waals surface area (Å²) >= 11 is 0. The number of methoxy groups -OCH3 is 2. The predicted molar refractivity (Wildman–Crippen MR) is 113 cm³/mol. The van der Waals surface area contributed by atoms with Crippen LogP contribution in [-0.4, -0.2) is 43.3 Å². The van der Waals surface area contributed by atoms with Crippen LogP contribution >= 0.6 is 0 Å². The minimum absolute atomic E-state index is 0.0323. The molecule has 1 saturated heterocycles. The highest BCUT2D eigenvalue weighted by atomic mass is 19.2. The summed E-state index contributed by atoms with van der Waals surface area (Å²) in [6.07, 6.45) is 0.0785. The summed E-state index contributed by atoms with van der Waals surface area (Å²) in [6, 6.07) is 5.35. The molecule has 9 heteroatoms. The first-order valence-corrected chi connectivity index (χ1v) is 10.2. The Bertz CT molecular complexity index is 1010. The number of nitrogens with zero attached hydrogens (tertiary/aromatic N) is 1. The molecule has 0 spiro atoms.